The first-order valence-corrected chi connectivity index (χ1v) is 10.3. The maximum absolute atomic E-state index is 12.4. The number of benzene rings is 1. The van der Waals surface area contributed by atoms with Gasteiger partial charge in [-0.1, -0.05) is 17.7 Å². The van der Waals surface area contributed by atoms with Crippen LogP contribution in [-0.2, 0) is 9.53 Å². The maximum Gasteiger partial charge on any atom is 0.343 e. The molecule has 0 saturated heterocycles. The van der Waals surface area contributed by atoms with Crippen molar-refractivity contribution in [1.29, 1.82) is 5.26 Å². The number of nitrogens with one attached hydrogen (secondary N) is 1. The van der Waals surface area contributed by atoms with Crippen LogP contribution in [0.2, 0.25) is 0 Å². The Balaban J connectivity index is 1.50. The van der Waals surface area contributed by atoms with E-state index >= 15 is 0 Å². The first-order chi connectivity index (χ1) is 14.5. The number of nitrogens with zero attached hydrogens (tertiary/aromatic N) is 2. The molecule has 2 aromatic heterocycles. The molecule has 3 rings (SSSR count). The highest BCUT2D eigenvalue weighted by molar-refractivity contribution is 7.99. The number of ether oxygens (including phenoxy) is 1. The highest BCUT2D eigenvalue weighted by Crippen LogP contribution is 2.26. The molecule has 0 aliphatic rings. The van der Waals surface area contributed by atoms with Crippen molar-refractivity contribution in [3.63, 3.8) is 0 Å². The van der Waals surface area contributed by atoms with E-state index in [1.54, 1.807) is 47.8 Å². The third-order valence-electron chi connectivity index (χ3n) is 4.27. The predicted octanol–water partition coefficient (Wildman–Crippen LogP) is 3.62. The van der Waals surface area contributed by atoms with E-state index in [0.29, 0.717) is 12.3 Å². The summed E-state index contributed by atoms with van der Waals surface area (Å²) < 4.78 is 12.3. The van der Waals surface area contributed by atoms with Crippen molar-refractivity contribution < 1.29 is 18.7 Å². The van der Waals surface area contributed by atoms with E-state index in [9.17, 15) is 14.9 Å². The summed E-state index contributed by atoms with van der Waals surface area (Å²) in [6.07, 6.45) is 3.41. The monoisotopic (exact) mass is 423 g/mol. The highest BCUT2D eigenvalue weighted by Gasteiger charge is 2.26. The van der Waals surface area contributed by atoms with Gasteiger partial charge in [-0.2, -0.15) is 5.26 Å². The molecule has 0 spiro atoms. The Morgan fingerprint density at radius 3 is 2.57 bits per heavy atom. The van der Waals surface area contributed by atoms with Crippen LogP contribution in [0.5, 0.6) is 0 Å². The third kappa shape index (κ3) is 5.13. The minimum Gasteiger partial charge on any atom is -0.452 e. The van der Waals surface area contributed by atoms with Gasteiger partial charge in [0.1, 0.15) is 23.0 Å². The van der Waals surface area contributed by atoms with E-state index in [2.05, 4.69) is 5.32 Å². The topological polar surface area (TPSA) is 97.3 Å². The summed E-state index contributed by atoms with van der Waals surface area (Å²) in [5.41, 5.74) is 1.30. The van der Waals surface area contributed by atoms with Crippen LogP contribution in [0.15, 0.2) is 58.1 Å². The maximum atomic E-state index is 12.4. The first-order valence-electron chi connectivity index (χ1n) is 9.29. The van der Waals surface area contributed by atoms with Gasteiger partial charge in [0.2, 0.25) is 5.88 Å². The lowest BCUT2D eigenvalue weighted by atomic mass is 10.1. The van der Waals surface area contributed by atoms with Crippen molar-refractivity contribution in [2.45, 2.75) is 18.7 Å². The molecule has 0 bridgehead atoms. The Bertz CT molecular complexity index is 1060. The molecule has 7 nitrogen and oxygen atoms in total. The molecular weight excluding hydrogens is 402 g/mol. The van der Waals surface area contributed by atoms with Gasteiger partial charge in [-0.3, -0.25) is 9.36 Å². The zero-order chi connectivity index (χ0) is 21.5. The molecule has 0 saturated carbocycles. The molecule has 0 fully saturated rings. The molecule has 154 valence electrons. The number of esters is 1. The molecule has 30 heavy (non-hydrogen) atoms. The van der Waals surface area contributed by atoms with E-state index in [4.69, 9.17) is 9.15 Å². The minimum absolute atomic E-state index is 0.0314. The van der Waals surface area contributed by atoms with E-state index in [0.717, 1.165) is 4.90 Å². The Hall–Kier alpha value is -3.44. The van der Waals surface area contributed by atoms with Gasteiger partial charge in [0.05, 0.1) is 0 Å². The predicted molar refractivity (Wildman–Crippen MR) is 113 cm³/mol. The molecular formula is C22H21N3O4S. The summed E-state index contributed by atoms with van der Waals surface area (Å²) in [5.74, 6) is 0.0239. The molecule has 0 unspecified atom stereocenters. The average Bonchev–Trinajstić information content (AvgIpc) is 3.38. The van der Waals surface area contributed by atoms with Crippen molar-refractivity contribution in [2.24, 2.45) is 0 Å². The quantitative estimate of drug-likeness (QED) is 0.338. The fourth-order valence-corrected chi connectivity index (χ4v) is 3.55. The molecule has 1 aromatic carbocycles. The Morgan fingerprint density at radius 2 is 1.90 bits per heavy atom. The van der Waals surface area contributed by atoms with Crippen molar-refractivity contribution in [3.05, 3.63) is 71.2 Å². The van der Waals surface area contributed by atoms with Crippen LogP contribution in [-0.4, -0.2) is 35.3 Å². The molecule has 0 radical (unpaired) electrons. The number of carbonyl (C=O) groups is 2. The van der Waals surface area contributed by atoms with Gasteiger partial charge in [0.25, 0.3) is 5.91 Å². The number of furan rings is 1. The first kappa shape index (κ1) is 21.3. The Kier molecular flexibility index (Phi) is 6.99. The Morgan fingerprint density at radius 1 is 1.20 bits per heavy atom. The number of amides is 1. The number of carbonyl (C=O) groups excluding carboxylic acids is 2. The largest absolute Gasteiger partial charge is 0.452 e. The van der Waals surface area contributed by atoms with E-state index in [-0.39, 0.29) is 22.8 Å². The van der Waals surface area contributed by atoms with Crippen molar-refractivity contribution >= 4 is 23.6 Å². The lowest BCUT2D eigenvalue weighted by Crippen LogP contribution is -2.30. The standard InChI is InChI=1S/C22H21N3O4S/c1-15-5-7-17(8-6-15)30-12-9-24-19(26)14-28-22(27)20-16(2)29-21(18(20)13-23)25-10-3-4-11-25/h3-8,10-11H,9,12,14H2,1-2H3,(H,24,26). The smallest absolute Gasteiger partial charge is 0.343 e. The summed E-state index contributed by atoms with van der Waals surface area (Å²) >= 11 is 1.63. The minimum atomic E-state index is -0.768. The summed E-state index contributed by atoms with van der Waals surface area (Å²) in [7, 11) is 0. The van der Waals surface area contributed by atoms with E-state index in [1.807, 2.05) is 37.3 Å². The second-order valence-electron chi connectivity index (χ2n) is 6.50. The average molecular weight is 423 g/mol. The normalized spacial score (nSPS) is 10.4. The zero-order valence-corrected chi connectivity index (χ0v) is 17.5. The van der Waals surface area contributed by atoms with Crippen molar-refractivity contribution in [3.8, 4) is 12.0 Å². The second-order valence-corrected chi connectivity index (χ2v) is 7.67. The molecule has 1 amide bonds. The SMILES string of the molecule is Cc1ccc(SCCNC(=O)COC(=O)c2c(C)oc(-n3cccc3)c2C#N)cc1. The van der Waals surface area contributed by atoms with Crippen LogP contribution >= 0.6 is 11.8 Å². The number of nitriles is 1. The zero-order valence-electron chi connectivity index (χ0n) is 16.7. The summed E-state index contributed by atoms with van der Waals surface area (Å²) in [4.78, 5) is 25.5. The van der Waals surface area contributed by atoms with E-state index in [1.165, 1.54) is 5.56 Å². The molecule has 1 N–H and O–H groups in total. The lowest BCUT2D eigenvalue weighted by molar-refractivity contribution is -0.124. The van der Waals surface area contributed by atoms with Gasteiger partial charge in [0, 0.05) is 29.6 Å². The van der Waals surface area contributed by atoms with Gasteiger partial charge < -0.3 is 14.5 Å². The number of rotatable bonds is 8. The number of hydrogen-bond donors (Lipinski definition) is 1. The summed E-state index contributed by atoms with van der Waals surface area (Å²) in [6, 6.07) is 13.7. The van der Waals surface area contributed by atoms with Crippen LogP contribution in [0.3, 0.4) is 0 Å². The second kappa shape index (κ2) is 9.85. The molecule has 0 atom stereocenters. The number of aromatic nitrogens is 1. The molecule has 0 aliphatic heterocycles. The molecule has 3 aromatic rings. The molecule has 0 aliphatic carbocycles. The highest BCUT2D eigenvalue weighted by atomic mass is 32.2. The van der Waals surface area contributed by atoms with Gasteiger partial charge in [-0.15, -0.1) is 11.8 Å². The molecule has 8 heteroatoms. The van der Waals surface area contributed by atoms with Crippen LogP contribution in [0.4, 0.5) is 0 Å². The fraction of sp³-hybridized carbons (Fsp3) is 0.227. The molecule has 2 heterocycles. The van der Waals surface area contributed by atoms with Crippen molar-refractivity contribution in [2.75, 3.05) is 18.9 Å². The number of aryl methyl sites for hydroxylation is 2. The van der Waals surface area contributed by atoms with Crippen LogP contribution in [0, 0.1) is 25.2 Å². The van der Waals surface area contributed by atoms with Gasteiger partial charge in [0.15, 0.2) is 6.61 Å². The fourth-order valence-electron chi connectivity index (χ4n) is 2.78. The van der Waals surface area contributed by atoms with Crippen LogP contribution in [0.25, 0.3) is 5.88 Å². The van der Waals surface area contributed by atoms with Gasteiger partial charge in [-0.25, -0.2) is 4.79 Å². The van der Waals surface area contributed by atoms with Gasteiger partial charge in [-0.05, 0) is 38.1 Å². The summed E-state index contributed by atoms with van der Waals surface area (Å²) in [6.45, 7) is 3.62. The third-order valence-corrected chi connectivity index (χ3v) is 5.28. The van der Waals surface area contributed by atoms with Crippen LogP contribution in [0.1, 0.15) is 27.2 Å². The Labute approximate surface area is 178 Å². The number of thioether (sulfide) groups is 1. The van der Waals surface area contributed by atoms with Crippen LogP contribution < -0.4 is 5.32 Å². The lowest BCUT2D eigenvalue weighted by Gasteiger charge is -2.07. The van der Waals surface area contributed by atoms with E-state index < -0.39 is 18.5 Å². The number of hydrogen-bond acceptors (Lipinski definition) is 6. The van der Waals surface area contributed by atoms with Crippen molar-refractivity contribution in [1.82, 2.24) is 9.88 Å². The van der Waals surface area contributed by atoms with Gasteiger partial charge >= 0.3 is 5.97 Å². The summed E-state index contributed by atoms with van der Waals surface area (Å²) in [5, 5.41) is 12.2.